The number of nitrogens with zero attached hydrogens (tertiary/aromatic N) is 1. The monoisotopic (exact) mass is 306 g/mol. The molecule has 0 spiro atoms. The molecule has 1 saturated heterocycles. The Morgan fingerprint density at radius 3 is 2.59 bits per heavy atom. The number of ether oxygens (including phenoxy) is 2. The molecule has 4 nitrogen and oxygen atoms in total. The third-order valence-electron chi connectivity index (χ3n) is 4.47. The molecule has 0 amide bonds. The van der Waals surface area contributed by atoms with Crippen LogP contribution in [0.3, 0.4) is 0 Å². The van der Waals surface area contributed by atoms with Crippen molar-refractivity contribution in [2.75, 3.05) is 39.9 Å². The molecule has 0 radical (unpaired) electrons. The van der Waals surface area contributed by atoms with Crippen LogP contribution >= 0.6 is 0 Å². The number of unbranched alkanes of at least 4 members (excludes halogenated alkanes) is 1. The predicted molar refractivity (Wildman–Crippen MR) is 90.9 cm³/mol. The molecule has 22 heavy (non-hydrogen) atoms. The van der Waals surface area contributed by atoms with Gasteiger partial charge in [0.15, 0.2) is 11.5 Å². The van der Waals surface area contributed by atoms with Crippen LogP contribution in [0.25, 0.3) is 0 Å². The number of methoxy groups -OCH3 is 1. The van der Waals surface area contributed by atoms with Gasteiger partial charge in [-0.2, -0.15) is 0 Å². The Kier molecular flexibility index (Phi) is 7.00. The minimum absolute atomic E-state index is 0.635. The van der Waals surface area contributed by atoms with Crippen molar-refractivity contribution in [3.05, 3.63) is 23.8 Å². The van der Waals surface area contributed by atoms with E-state index in [-0.39, 0.29) is 0 Å². The summed E-state index contributed by atoms with van der Waals surface area (Å²) in [5, 5.41) is 0. The number of hydrogen-bond acceptors (Lipinski definition) is 4. The van der Waals surface area contributed by atoms with E-state index in [1.165, 1.54) is 44.5 Å². The summed E-state index contributed by atoms with van der Waals surface area (Å²) < 4.78 is 11.1. The number of piperidine rings is 1. The predicted octanol–water partition coefficient (Wildman–Crippen LogP) is 3.01. The van der Waals surface area contributed by atoms with E-state index >= 15 is 0 Å². The van der Waals surface area contributed by atoms with Crippen LogP contribution in [0.1, 0.15) is 44.1 Å². The minimum atomic E-state index is 0.635. The van der Waals surface area contributed by atoms with Gasteiger partial charge in [0.05, 0.1) is 13.7 Å². The van der Waals surface area contributed by atoms with Crippen LogP contribution in [0.4, 0.5) is 0 Å². The van der Waals surface area contributed by atoms with Crippen LogP contribution in [0.15, 0.2) is 18.2 Å². The van der Waals surface area contributed by atoms with E-state index in [9.17, 15) is 0 Å². The number of benzene rings is 1. The van der Waals surface area contributed by atoms with Crippen molar-refractivity contribution in [1.82, 2.24) is 4.90 Å². The number of likely N-dealkylation sites (tertiary alicyclic amines) is 1. The van der Waals surface area contributed by atoms with Crippen molar-refractivity contribution in [2.45, 2.75) is 38.5 Å². The van der Waals surface area contributed by atoms with Crippen molar-refractivity contribution >= 4 is 0 Å². The highest BCUT2D eigenvalue weighted by Gasteiger charge is 2.21. The number of hydrogen-bond donors (Lipinski definition) is 1. The van der Waals surface area contributed by atoms with Gasteiger partial charge in [-0.15, -0.1) is 0 Å². The van der Waals surface area contributed by atoms with Gasteiger partial charge < -0.3 is 20.1 Å². The van der Waals surface area contributed by atoms with Crippen LogP contribution in [-0.2, 0) is 0 Å². The third kappa shape index (κ3) is 4.62. The molecule has 1 heterocycles. The first-order valence-electron chi connectivity index (χ1n) is 8.51. The van der Waals surface area contributed by atoms with E-state index < -0.39 is 0 Å². The summed E-state index contributed by atoms with van der Waals surface area (Å²) in [6.45, 7) is 7.03. The fraction of sp³-hybridized carbons (Fsp3) is 0.667. The Bertz CT molecular complexity index is 443. The first-order chi connectivity index (χ1) is 10.8. The summed E-state index contributed by atoms with van der Waals surface area (Å²) in [6, 6.07) is 6.40. The van der Waals surface area contributed by atoms with E-state index in [1.54, 1.807) is 7.11 Å². The van der Waals surface area contributed by atoms with E-state index in [0.717, 1.165) is 24.5 Å². The number of nitrogens with two attached hydrogens (primary N) is 1. The summed E-state index contributed by atoms with van der Waals surface area (Å²) in [6.07, 6.45) is 4.80. The van der Waals surface area contributed by atoms with Crippen LogP contribution in [0.5, 0.6) is 11.5 Å². The molecule has 124 valence electrons. The minimum Gasteiger partial charge on any atom is -0.493 e. The first kappa shape index (κ1) is 17.1. The summed E-state index contributed by atoms with van der Waals surface area (Å²) in [4.78, 5) is 2.57. The number of rotatable bonds is 8. The molecule has 0 atom stereocenters. The molecule has 4 heteroatoms. The fourth-order valence-corrected chi connectivity index (χ4v) is 3.18. The van der Waals surface area contributed by atoms with Gasteiger partial charge in [0.1, 0.15) is 0 Å². The molecule has 1 aliphatic rings. The van der Waals surface area contributed by atoms with Crippen molar-refractivity contribution < 1.29 is 9.47 Å². The lowest BCUT2D eigenvalue weighted by atomic mass is 9.89. The Morgan fingerprint density at radius 1 is 1.18 bits per heavy atom. The molecule has 1 aromatic rings. The highest BCUT2D eigenvalue weighted by atomic mass is 16.5. The lowest BCUT2D eigenvalue weighted by molar-refractivity contribution is 0.209. The molecule has 0 unspecified atom stereocenters. The average molecular weight is 306 g/mol. The van der Waals surface area contributed by atoms with Crippen molar-refractivity contribution in [3.63, 3.8) is 0 Å². The maximum atomic E-state index is 5.60. The van der Waals surface area contributed by atoms with Gasteiger partial charge in [-0.25, -0.2) is 0 Å². The second-order valence-corrected chi connectivity index (χ2v) is 5.96. The third-order valence-corrected chi connectivity index (χ3v) is 4.47. The molecule has 0 saturated carbocycles. The van der Waals surface area contributed by atoms with Crippen LogP contribution in [-0.4, -0.2) is 44.8 Å². The van der Waals surface area contributed by atoms with Gasteiger partial charge in [-0.05, 0) is 82.4 Å². The van der Waals surface area contributed by atoms with Crippen molar-refractivity contribution in [2.24, 2.45) is 5.73 Å². The zero-order valence-corrected chi connectivity index (χ0v) is 14.0. The summed E-state index contributed by atoms with van der Waals surface area (Å²) in [5.74, 6) is 2.33. The normalized spacial score (nSPS) is 16.7. The standard InChI is InChI=1S/C18H30N2O2/c1-3-22-17-7-6-16(14-18(17)21-2)15-8-12-20(13-9-15)11-5-4-10-19/h6-7,14-15H,3-5,8-13,19H2,1-2H3. The molecule has 0 aromatic heterocycles. The van der Waals surface area contributed by atoms with Crippen LogP contribution in [0, 0.1) is 0 Å². The zero-order valence-electron chi connectivity index (χ0n) is 14.0. The average Bonchev–Trinajstić information content (AvgIpc) is 2.56. The Labute approximate surface area is 134 Å². The van der Waals surface area contributed by atoms with Gasteiger partial charge in [0, 0.05) is 0 Å². The maximum absolute atomic E-state index is 5.60. The molecule has 1 fully saturated rings. The maximum Gasteiger partial charge on any atom is 0.161 e. The van der Waals surface area contributed by atoms with Gasteiger partial charge in [-0.1, -0.05) is 6.07 Å². The summed E-state index contributed by atoms with van der Waals surface area (Å²) in [7, 11) is 1.71. The molecule has 1 aromatic carbocycles. The molecule has 0 aliphatic carbocycles. The summed E-state index contributed by atoms with van der Waals surface area (Å²) in [5.41, 5.74) is 6.94. The van der Waals surface area contributed by atoms with Gasteiger partial charge in [0.2, 0.25) is 0 Å². The van der Waals surface area contributed by atoms with E-state index in [0.29, 0.717) is 12.5 Å². The molecule has 2 N–H and O–H groups in total. The highest BCUT2D eigenvalue weighted by molar-refractivity contribution is 5.44. The smallest absolute Gasteiger partial charge is 0.161 e. The van der Waals surface area contributed by atoms with E-state index in [4.69, 9.17) is 15.2 Å². The Hall–Kier alpha value is -1.26. The first-order valence-corrected chi connectivity index (χ1v) is 8.51. The topological polar surface area (TPSA) is 47.7 Å². The van der Waals surface area contributed by atoms with Crippen LogP contribution < -0.4 is 15.2 Å². The molecule has 0 bridgehead atoms. The molecular formula is C18H30N2O2. The fourth-order valence-electron chi connectivity index (χ4n) is 3.18. The SMILES string of the molecule is CCOc1ccc(C2CCN(CCCCN)CC2)cc1OC. The van der Waals surface area contributed by atoms with Gasteiger partial charge in [-0.3, -0.25) is 0 Å². The zero-order chi connectivity index (χ0) is 15.8. The second kappa shape index (κ2) is 9.01. The summed E-state index contributed by atoms with van der Waals surface area (Å²) >= 11 is 0. The van der Waals surface area contributed by atoms with Crippen LogP contribution in [0.2, 0.25) is 0 Å². The lowest BCUT2D eigenvalue weighted by Gasteiger charge is -2.32. The van der Waals surface area contributed by atoms with Crippen molar-refractivity contribution in [3.8, 4) is 11.5 Å². The largest absolute Gasteiger partial charge is 0.493 e. The Morgan fingerprint density at radius 2 is 1.95 bits per heavy atom. The quantitative estimate of drug-likeness (QED) is 0.750. The van der Waals surface area contributed by atoms with Gasteiger partial charge in [0.25, 0.3) is 0 Å². The molecule has 1 aliphatic heterocycles. The molecular weight excluding hydrogens is 276 g/mol. The second-order valence-electron chi connectivity index (χ2n) is 5.96. The van der Waals surface area contributed by atoms with E-state index in [2.05, 4.69) is 17.0 Å². The van der Waals surface area contributed by atoms with Crippen molar-refractivity contribution in [1.29, 1.82) is 0 Å². The lowest BCUT2D eigenvalue weighted by Crippen LogP contribution is -2.33. The van der Waals surface area contributed by atoms with Gasteiger partial charge >= 0.3 is 0 Å². The Balaban J connectivity index is 1.90. The van der Waals surface area contributed by atoms with E-state index in [1.807, 2.05) is 13.0 Å². The highest BCUT2D eigenvalue weighted by Crippen LogP contribution is 2.34. The molecule has 2 rings (SSSR count).